The number of methoxy groups -OCH3 is 2. The summed E-state index contributed by atoms with van der Waals surface area (Å²) in [5.41, 5.74) is 0. The van der Waals surface area contributed by atoms with Crippen molar-refractivity contribution in [2.24, 2.45) is 0 Å². The minimum Gasteiger partial charge on any atom is -0.490 e. The molecule has 0 aliphatic carbocycles. The number of carbonyl (C=O) groups excluding carboxylic acids is 1. The van der Waals surface area contributed by atoms with Gasteiger partial charge >= 0.3 is 5.97 Å². The van der Waals surface area contributed by atoms with E-state index in [1.165, 1.54) is 13.4 Å². The van der Waals surface area contributed by atoms with E-state index in [0.717, 1.165) is 6.54 Å². The maximum Gasteiger partial charge on any atom is 0.307 e. The largest absolute Gasteiger partial charge is 0.490 e. The Labute approximate surface area is 106 Å². The summed E-state index contributed by atoms with van der Waals surface area (Å²) in [6, 6.07) is 0. The second-order valence-corrected chi connectivity index (χ2v) is 3.39. The summed E-state index contributed by atoms with van der Waals surface area (Å²) in [5, 5.41) is 6.08. The Morgan fingerprint density at radius 2 is 1.94 bits per heavy atom. The molecule has 0 aliphatic rings. The van der Waals surface area contributed by atoms with Crippen molar-refractivity contribution in [1.82, 2.24) is 9.97 Å². The topological polar surface area (TPSA) is 85.4 Å². The average molecular weight is 254 g/mol. The van der Waals surface area contributed by atoms with Gasteiger partial charge in [0.25, 0.3) is 0 Å². The summed E-state index contributed by atoms with van der Waals surface area (Å²) >= 11 is 0. The lowest BCUT2D eigenvalue weighted by Gasteiger charge is -2.13. The number of carbonyl (C=O) groups is 1. The Morgan fingerprint density at radius 1 is 1.28 bits per heavy atom. The van der Waals surface area contributed by atoms with Crippen LogP contribution in [0.5, 0.6) is 5.75 Å². The quantitative estimate of drug-likeness (QED) is 0.699. The van der Waals surface area contributed by atoms with E-state index in [1.54, 1.807) is 7.11 Å². The molecule has 0 saturated carbocycles. The van der Waals surface area contributed by atoms with Gasteiger partial charge in [-0.1, -0.05) is 0 Å². The molecule has 1 aromatic heterocycles. The van der Waals surface area contributed by atoms with Gasteiger partial charge in [-0.3, -0.25) is 4.79 Å². The van der Waals surface area contributed by atoms with Gasteiger partial charge in [0.1, 0.15) is 6.33 Å². The Hall–Kier alpha value is -2.05. The molecule has 1 heterocycles. The molecule has 1 rings (SSSR count). The number of aromatic nitrogens is 2. The number of hydrogen-bond acceptors (Lipinski definition) is 7. The Morgan fingerprint density at radius 3 is 2.50 bits per heavy atom. The van der Waals surface area contributed by atoms with Crippen LogP contribution in [0.2, 0.25) is 0 Å². The summed E-state index contributed by atoms with van der Waals surface area (Å²) in [4.78, 5) is 19.1. The Bertz CT molecular complexity index is 398. The Kier molecular flexibility index (Phi) is 5.69. The van der Waals surface area contributed by atoms with Crippen LogP contribution in [-0.2, 0) is 9.53 Å². The molecule has 100 valence electrons. The van der Waals surface area contributed by atoms with Crippen LogP contribution in [0, 0.1) is 0 Å². The fourth-order valence-corrected chi connectivity index (χ4v) is 1.37. The monoisotopic (exact) mass is 254 g/mol. The van der Waals surface area contributed by atoms with E-state index in [0.29, 0.717) is 23.9 Å². The number of nitrogens with zero attached hydrogens (tertiary/aromatic N) is 2. The van der Waals surface area contributed by atoms with Gasteiger partial charge in [0.2, 0.25) is 5.75 Å². The van der Waals surface area contributed by atoms with Crippen molar-refractivity contribution < 1.29 is 14.3 Å². The fraction of sp³-hybridized carbons (Fsp3) is 0.545. The van der Waals surface area contributed by atoms with Gasteiger partial charge in [-0.15, -0.1) is 0 Å². The molecule has 0 radical (unpaired) electrons. The number of ether oxygens (including phenoxy) is 2. The van der Waals surface area contributed by atoms with E-state index in [9.17, 15) is 4.79 Å². The molecule has 0 aliphatic heterocycles. The second-order valence-electron chi connectivity index (χ2n) is 3.39. The number of hydrogen-bond donors (Lipinski definition) is 2. The second kappa shape index (κ2) is 7.31. The number of esters is 1. The lowest BCUT2D eigenvalue weighted by atomic mass is 10.4. The van der Waals surface area contributed by atoms with Crippen LogP contribution in [-0.4, -0.2) is 43.2 Å². The first-order valence-corrected chi connectivity index (χ1v) is 5.66. The lowest BCUT2D eigenvalue weighted by molar-refractivity contribution is -0.140. The van der Waals surface area contributed by atoms with E-state index >= 15 is 0 Å². The lowest BCUT2D eigenvalue weighted by Crippen LogP contribution is -2.12. The molecule has 0 atom stereocenters. The smallest absolute Gasteiger partial charge is 0.307 e. The first-order chi connectivity index (χ1) is 8.72. The average Bonchev–Trinajstić information content (AvgIpc) is 2.39. The summed E-state index contributed by atoms with van der Waals surface area (Å²) in [7, 11) is 2.90. The molecule has 0 unspecified atom stereocenters. The SMILES string of the molecule is CCNc1ncnc(NCCC(=O)OC)c1OC. The third-order valence-corrected chi connectivity index (χ3v) is 2.20. The zero-order chi connectivity index (χ0) is 13.4. The normalized spacial score (nSPS) is 9.72. The van der Waals surface area contributed by atoms with Gasteiger partial charge in [0.05, 0.1) is 20.6 Å². The highest BCUT2D eigenvalue weighted by molar-refractivity contribution is 5.70. The van der Waals surface area contributed by atoms with Crippen LogP contribution in [0.1, 0.15) is 13.3 Å². The molecule has 18 heavy (non-hydrogen) atoms. The van der Waals surface area contributed by atoms with Gasteiger partial charge < -0.3 is 20.1 Å². The van der Waals surface area contributed by atoms with E-state index in [4.69, 9.17) is 4.74 Å². The molecule has 7 nitrogen and oxygen atoms in total. The summed E-state index contributed by atoms with van der Waals surface area (Å²) < 4.78 is 9.80. The molecule has 0 saturated heterocycles. The molecular formula is C11H18N4O3. The van der Waals surface area contributed by atoms with E-state index in [2.05, 4.69) is 25.3 Å². The number of nitrogens with one attached hydrogen (secondary N) is 2. The maximum atomic E-state index is 11.0. The Balaban J connectivity index is 2.69. The molecule has 0 aromatic carbocycles. The molecule has 0 fully saturated rings. The van der Waals surface area contributed by atoms with Gasteiger partial charge in [-0.05, 0) is 6.92 Å². The van der Waals surface area contributed by atoms with Gasteiger partial charge in [-0.2, -0.15) is 0 Å². The van der Waals surface area contributed by atoms with Gasteiger partial charge in [0, 0.05) is 13.1 Å². The maximum absolute atomic E-state index is 11.0. The number of rotatable bonds is 7. The van der Waals surface area contributed by atoms with Crippen LogP contribution < -0.4 is 15.4 Å². The molecule has 2 N–H and O–H groups in total. The first-order valence-electron chi connectivity index (χ1n) is 5.66. The molecular weight excluding hydrogens is 236 g/mol. The van der Waals surface area contributed by atoms with Gasteiger partial charge in [0.15, 0.2) is 11.6 Å². The molecule has 0 bridgehead atoms. The van der Waals surface area contributed by atoms with Crippen LogP contribution in [0.3, 0.4) is 0 Å². The fourth-order valence-electron chi connectivity index (χ4n) is 1.37. The van der Waals surface area contributed by atoms with Crippen LogP contribution in [0.4, 0.5) is 11.6 Å². The first kappa shape index (κ1) is 14.0. The highest BCUT2D eigenvalue weighted by Crippen LogP contribution is 2.28. The van der Waals surface area contributed by atoms with Crippen molar-refractivity contribution in [3.05, 3.63) is 6.33 Å². The van der Waals surface area contributed by atoms with Crippen molar-refractivity contribution in [3.8, 4) is 5.75 Å². The summed E-state index contributed by atoms with van der Waals surface area (Å²) in [5.74, 6) is 1.43. The van der Waals surface area contributed by atoms with Crippen molar-refractivity contribution in [2.75, 3.05) is 37.9 Å². The summed E-state index contributed by atoms with van der Waals surface area (Å²) in [6.45, 7) is 3.12. The van der Waals surface area contributed by atoms with Crippen molar-refractivity contribution >= 4 is 17.6 Å². The van der Waals surface area contributed by atoms with Crippen molar-refractivity contribution in [3.63, 3.8) is 0 Å². The molecule has 1 aromatic rings. The van der Waals surface area contributed by atoms with E-state index in [1.807, 2.05) is 6.92 Å². The minimum absolute atomic E-state index is 0.264. The third kappa shape index (κ3) is 3.76. The van der Waals surface area contributed by atoms with Gasteiger partial charge in [-0.25, -0.2) is 9.97 Å². The zero-order valence-electron chi connectivity index (χ0n) is 10.8. The highest BCUT2D eigenvalue weighted by atomic mass is 16.5. The van der Waals surface area contributed by atoms with Crippen molar-refractivity contribution in [1.29, 1.82) is 0 Å². The van der Waals surface area contributed by atoms with Crippen LogP contribution in [0.15, 0.2) is 6.33 Å². The third-order valence-electron chi connectivity index (χ3n) is 2.20. The predicted molar refractivity (Wildman–Crippen MR) is 67.9 cm³/mol. The standard InChI is InChI=1S/C11H18N4O3/c1-4-12-10-9(18-3)11(15-7-14-10)13-6-5-8(16)17-2/h7H,4-6H2,1-3H3,(H2,12,13,14,15). The molecule has 7 heteroatoms. The summed E-state index contributed by atoms with van der Waals surface area (Å²) in [6.07, 6.45) is 1.70. The van der Waals surface area contributed by atoms with Crippen LogP contribution in [0.25, 0.3) is 0 Å². The molecule has 0 spiro atoms. The molecule has 0 amide bonds. The zero-order valence-corrected chi connectivity index (χ0v) is 10.8. The highest BCUT2D eigenvalue weighted by Gasteiger charge is 2.11. The van der Waals surface area contributed by atoms with Crippen molar-refractivity contribution in [2.45, 2.75) is 13.3 Å². The van der Waals surface area contributed by atoms with E-state index in [-0.39, 0.29) is 12.4 Å². The predicted octanol–water partition coefficient (Wildman–Crippen LogP) is 0.892. The minimum atomic E-state index is -0.276. The number of anilines is 2. The van der Waals surface area contributed by atoms with E-state index < -0.39 is 0 Å². The van der Waals surface area contributed by atoms with Crippen LogP contribution >= 0.6 is 0 Å².